The van der Waals surface area contributed by atoms with Gasteiger partial charge in [-0.15, -0.1) is 23.1 Å². The third kappa shape index (κ3) is 5.10. The number of carbonyl (C=O) groups excluding carboxylic acids is 3. The summed E-state index contributed by atoms with van der Waals surface area (Å²) in [5, 5.41) is 4.01. The lowest BCUT2D eigenvalue weighted by molar-refractivity contribution is -0.114. The van der Waals surface area contributed by atoms with Gasteiger partial charge in [0.05, 0.1) is 11.4 Å². The summed E-state index contributed by atoms with van der Waals surface area (Å²) >= 11 is 3.24. The van der Waals surface area contributed by atoms with E-state index < -0.39 is 5.91 Å². The van der Waals surface area contributed by atoms with Crippen molar-refractivity contribution in [1.82, 2.24) is 10.2 Å². The molecule has 202 valence electrons. The quantitative estimate of drug-likeness (QED) is 0.283. The van der Waals surface area contributed by atoms with Crippen LogP contribution in [-0.4, -0.2) is 47.6 Å². The molecule has 0 radical (unpaired) electrons. The molecule has 3 aromatic carbocycles. The number of hydrogen-bond acceptors (Lipinski definition) is 6. The van der Waals surface area contributed by atoms with E-state index in [1.165, 1.54) is 11.3 Å². The van der Waals surface area contributed by atoms with E-state index in [0.29, 0.717) is 23.5 Å². The zero-order valence-corrected chi connectivity index (χ0v) is 23.3. The number of nitrogens with one attached hydrogen (secondary N) is 1. The predicted molar refractivity (Wildman–Crippen MR) is 159 cm³/mol. The van der Waals surface area contributed by atoms with E-state index in [-0.39, 0.29) is 30.0 Å². The number of thiophene rings is 1. The van der Waals surface area contributed by atoms with Gasteiger partial charge in [0.15, 0.2) is 0 Å². The third-order valence-corrected chi connectivity index (χ3v) is 9.44. The summed E-state index contributed by atoms with van der Waals surface area (Å²) in [4.78, 5) is 40.7. The van der Waals surface area contributed by atoms with Gasteiger partial charge in [-0.05, 0) is 58.5 Å². The van der Waals surface area contributed by atoms with Gasteiger partial charge in [0.25, 0.3) is 11.8 Å². The minimum Gasteiger partial charge on any atom is -0.488 e. The normalized spacial score (nSPS) is 15.8. The second kappa shape index (κ2) is 10.8. The number of benzene rings is 3. The van der Waals surface area contributed by atoms with Crippen LogP contribution in [0.4, 0.5) is 0 Å². The molecule has 0 spiro atoms. The number of primary amides is 1. The Hall–Kier alpha value is -4.08. The minimum atomic E-state index is -0.612. The van der Waals surface area contributed by atoms with E-state index in [1.807, 2.05) is 48.5 Å². The molecule has 0 saturated heterocycles. The Bertz CT molecular complexity index is 1680. The fraction of sp³-hybridized carbons (Fsp3) is 0.194. The molecule has 9 heteroatoms. The van der Waals surface area contributed by atoms with E-state index in [4.69, 9.17) is 10.5 Å². The largest absolute Gasteiger partial charge is 0.488 e. The Morgan fingerprint density at radius 3 is 2.75 bits per heavy atom. The predicted octanol–water partition coefficient (Wildman–Crippen LogP) is 5.24. The number of amides is 3. The van der Waals surface area contributed by atoms with Gasteiger partial charge in [0.2, 0.25) is 5.91 Å². The molecule has 0 fully saturated rings. The molecule has 0 aliphatic carbocycles. The number of nitrogens with two attached hydrogens (primary N) is 1. The van der Waals surface area contributed by atoms with Crippen LogP contribution < -0.4 is 15.8 Å². The highest BCUT2D eigenvalue weighted by atomic mass is 32.2. The van der Waals surface area contributed by atoms with Crippen LogP contribution in [0.2, 0.25) is 0 Å². The summed E-state index contributed by atoms with van der Waals surface area (Å²) in [6, 6.07) is 21.7. The Labute approximate surface area is 240 Å². The number of carbonyl (C=O) groups is 3. The van der Waals surface area contributed by atoms with Crippen molar-refractivity contribution in [3.8, 4) is 16.9 Å². The highest BCUT2D eigenvalue weighted by Crippen LogP contribution is 2.37. The number of ether oxygens (including phenoxy) is 1. The van der Waals surface area contributed by atoms with Gasteiger partial charge in [0, 0.05) is 46.0 Å². The first-order chi connectivity index (χ1) is 19.4. The van der Waals surface area contributed by atoms with Crippen molar-refractivity contribution in [3.05, 3.63) is 94.9 Å². The molecule has 1 aromatic heterocycles. The van der Waals surface area contributed by atoms with Gasteiger partial charge >= 0.3 is 0 Å². The van der Waals surface area contributed by atoms with Crippen LogP contribution in [-0.2, 0) is 11.3 Å². The van der Waals surface area contributed by atoms with E-state index >= 15 is 0 Å². The molecule has 40 heavy (non-hydrogen) atoms. The van der Waals surface area contributed by atoms with Crippen molar-refractivity contribution in [2.24, 2.45) is 5.73 Å². The molecule has 2 aliphatic rings. The van der Waals surface area contributed by atoms with Gasteiger partial charge in [-0.25, -0.2) is 0 Å². The van der Waals surface area contributed by atoms with Crippen LogP contribution in [0, 0.1) is 0 Å². The Morgan fingerprint density at radius 1 is 1.07 bits per heavy atom. The molecule has 0 saturated carbocycles. The van der Waals surface area contributed by atoms with Gasteiger partial charge in [0.1, 0.15) is 11.9 Å². The second-order valence-corrected chi connectivity index (χ2v) is 12.0. The molecule has 2 aliphatic heterocycles. The molecule has 3 amide bonds. The van der Waals surface area contributed by atoms with Gasteiger partial charge in [-0.1, -0.05) is 36.9 Å². The van der Waals surface area contributed by atoms with E-state index in [2.05, 4.69) is 24.0 Å². The topological polar surface area (TPSA) is 102 Å². The Balaban J connectivity index is 1.14. The van der Waals surface area contributed by atoms with Crippen molar-refractivity contribution < 1.29 is 19.1 Å². The number of nitrogens with zero attached hydrogens (tertiary/aromatic N) is 1. The maximum Gasteiger partial charge on any atom is 0.261 e. The Kier molecular flexibility index (Phi) is 7.08. The minimum absolute atomic E-state index is 0.0643. The molecule has 6 rings (SSSR count). The van der Waals surface area contributed by atoms with Crippen LogP contribution in [0.15, 0.2) is 83.8 Å². The second-order valence-electron chi connectivity index (χ2n) is 9.87. The first kappa shape index (κ1) is 26.2. The number of thioether (sulfide) groups is 1. The fourth-order valence-corrected chi connectivity index (χ4v) is 7.05. The Morgan fingerprint density at radius 2 is 1.90 bits per heavy atom. The third-order valence-electron chi connectivity index (χ3n) is 7.14. The zero-order valence-electron chi connectivity index (χ0n) is 21.6. The summed E-state index contributed by atoms with van der Waals surface area (Å²) in [5.41, 5.74) is 8.96. The van der Waals surface area contributed by atoms with Crippen LogP contribution in [0.1, 0.15) is 32.0 Å². The van der Waals surface area contributed by atoms with E-state index in [1.54, 1.807) is 22.7 Å². The summed E-state index contributed by atoms with van der Waals surface area (Å²) in [6.45, 7) is 4.70. The first-order valence-electron chi connectivity index (χ1n) is 13.0. The van der Waals surface area contributed by atoms with Crippen molar-refractivity contribution >= 4 is 50.9 Å². The summed E-state index contributed by atoms with van der Waals surface area (Å²) in [6.07, 6.45) is 0.804. The van der Waals surface area contributed by atoms with Gasteiger partial charge in [-0.2, -0.15) is 0 Å². The zero-order chi connectivity index (χ0) is 27.8. The molecule has 3 N–H and O–H groups in total. The van der Waals surface area contributed by atoms with Crippen molar-refractivity contribution in [2.75, 3.05) is 18.8 Å². The molecule has 7 nitrogen and oxygen atoms in total. The summed E-state index contributed by atoms with van der Waals surface area (Å²) in [5.74, 6) is 0.927. The lowest BCUT2D eigenvalue weighted by Crippen LogP contribution is -2.31. The molecule has 4 aromatic rings. The summed E-state index contributed by atoms with van der Waals surface area (Å²) < 4.78 is 7.09. The maximum atomic E-state index is 13.0. The molecular formula is C31H27N3O4S2. The molecule has 1 unspecified atom stereocenters. The van der Waals surface area contributed by atoms with Crippen LogP contribution in [0.3, 0.4) is 0 Å². The molecule has 1 atom stereocenters. The average Bonchev–Trinajstić information content (AvgIpc) is 3.53. The van der Waals surface area contributed by atoms with Crippen LogP contribution in [0.25, 0.3) is 21.2 Å². The van der Waals surface area contributed by atoms with Crippen LogP contribution in [0.5, 0.6) is 5.75 Å². The number of para-hydroxylation sites is 1. The monoisotopic (exact) mass is 569 g/mol. The van der Waals surface area contributed by atoms with Crippen molar-refractivity contribution in [3.63, 3.8) is 0 Å². The lowest BCUT2D eigenvalue weighted by atomic mass is 9.96. The SMILES string of the molecule is C=C(CN1Cc2c(cccc2-c2ccc3sc(C(=O)NCCC4CSc5ccccc5O4)cc3c2)C1=O)C(N)=O. The van der Waals surface area contributed by atoms with Crippen LogP contribution >= 0.6 is 23.1 Å². The first-order valence-corrected chi connectivity index (χ1v) is 14.8. The summed E-state index contributed by atoms with van der Waals surface area (Å²) in [7, 11) is 0. The van der Waals surface area contributed by atoms with Gasteiger partial charge in [-0.3, -0.25) is 14.4 Å². The smallest absolute Gasteiger partial charge is 0.261 e. The lowest BCUT2D eigenvalue weighted by Gasteiger charge is -2.25. The fourth-order valence-electron chi connectivity index (χ4n) is 5.06. The highest BCUT2D eigenvalue weighted by molar-refractivity contribution is 7.99. The van der Waals surface area contributed by atoms with E-state index in [9.17, 15) is 14.4 Å². The van der Waals surface area contributed by atoms with E-state index in [0.717, 1.165) is 49.6 Å². The standard InChI is InChI=1S/C31H27N3O4S2/c1-18(29(32)35)15-34-16-24-22(5-4-6-23(24)31(34)37)19-9-10-26-20(13-19)14-28(40-26)30(36)33-12-11-21-17-39-27-8-3-2-7-25(27)38-21/h2-10,13-14,21H,1,11-12,15-17H2,(H2,32,35)(H,33,36). The van der Waals surface area contributed by atoms with Crippen molar-refractivity contribution in [1.29, 1.82) is 0 Å². The van der Waals surface area contributed by atoms with Crippen molar-refractivity contribution in [2.45, 2.75) is 24.0 Å². The van der Waals surface area contributed by atoms with Gasteiger partial charge < -0.3 is 20.7 Å². The number of fused-ring (bicyclic) bond motifs is 3. The molecule has 0 bridgehead atoms. The average molecular weight is 570 g/mol. The molecule has 3 heterocycles. The number of rotatable bonds is 8. The molecular weight excluding hydrogens is 542 g/mol. The maximum absolute atomic E-state index is 13.0. The number of hydrogen-bond donors (Lipinski definition) is 2. The highest BCUT2D eigenvalue weighted by Gasteiger charge is 2.30.